The van der Waals surface area contributed by atoms with E-state index in [1.165, 1.54) is 132 Å². The van der Waals surface area contributed by atoms with Gasteiger partial charge < -0.3 is 27.1 Å². The molecule has 0 aliphatic carbocycles. The van der Waals surface area contributed by atoms with E-state index in [2.05, 4.69) is 419 Å². The third-order valence-corrected chi connectivity index (χ3v) is 23.4. The summed E-state index contributed by atoms with van der Waals surface area (Å²) in [6, 6.07) is 149. The topological polar surface area (TPSA) is 46.0 Å². The van der Waals surface area contributed by atoms with Gasteiger partial charge in [0, 0.05) is 93.5 Å². The summed E-state index contributed by atoms with van der Waals surface area (Å²) in [5.74, 6) is 0. The number of para-hydroxylation sites is 4. The van der Waals surface area contributed by atoms with Crippen LogP contribution in [0, 0.1) is 0 Å². The van der Waals surface area contributed by atoms with E-state index in [0.717, 1.165) is 88.7 Å². The van der Waals surface area contributed by atoms with Crippen LogP contribution in [0.15, 0.2) is 421 Å². The average Bonchev–Trinajstić information content (AvgIpc) is 1.57. The molecule has 0 saturated carbocycles. The van der Waals surface area contributed by atoms with Gasteiger partial charge in [0.15, 0.2) is 0 Å². The highest BCUT2D eigenvalue weighted by molar-refractivity contribution is 6.21. The molecular weight excluding hydrogens is 1390 g/mol. The highest BCUT2D eigenvalue weighted by atomic mass is 16.3. The molecule has 0 fully saturated rings. The fourth-order valence-electron chi connectivity index (χ4n) is 18.1. The highest BCUT2D eigenvalue weighted by Gasteiger charge is 2.23. The molecule has 0 amide bonds. The van der Waals surface area contributed by atoms with Crippen LogP contribution in [0.3, 0.4) is 0 Å². The summed E-state index contributed by atoms with van der Waals surface area (Å²) in [5.41, 5.74) is 31.8. The molecular formula is C108H68N4O2. The van der Waals surface area contributed by atoms with Crippen molar-refractivity contribution in [3.63, 3.8) is 0 Å². The molecule has 0 bridgehead atoms. The molecule has 0 unspecified atom stereocenters. The number of hydrogen-bond acceptors (Lipinski definition) is 2. The minimum atomic E-state index is 0.892. The number of fused-ring (bicyclic) bond motifs is 18. The second kappa shape index (κ2) is 26.2. The lowest BCUT2D eigenvalue weighted by molar-refractivity contribution is 0.669. The summed E-state index contributed by atoms with van der Waals surface area (Å²) in [4.78, 5) is 0. The predicted octanol–water partition coefficient (Wildman–Crippen LogP) is 29.6. The SMILES string of the molecule is c1ccc(-c2cccc(-n3c4ccccc4c4cc(-c5ccc6c(c5)c5cc7c(cc5n6-c5cccc(-c6ccccc6)c5)oc5ccccc57)ccc43)c2)cc1.c1ccc(-c2cccc(-n3c4ccccc4c4cc(-c5ccc6c(c5)c5cc7oc8ccccc8c7cc5n6-c5cccc(-c6ccccc6)c5)ccc43)c2)cc1. The largest absolute Gasteiger partial charge is 0.456 e. The maximum Gasteiger partial charge on any atom is 0.137 e. The van der Waals surface area contributed by atoms with Crippen molar-refractivity contribution >= 4 is 131 Å². The maximum atomic E-state index is 6.46. The zero-order chi connectivity index (χ0) is 74.9. The molecule has 24 rings (SSSR count). The van der Waals surface area contributed by atoms with E-state index in [-0.39, 0.29) is 0 Å². The van der Waals surface area contributed by atoms with Gasteiger partial charge in [-0.05, 0) is 206 Å². The Kier molecular flexibility index (Phi) is 14.9. The minimum absolute atomic E-state index is 0.892. The first-order valence-corrected chi connectivity index (χ1v) is 39.0. The second-order valence-electron chi connectivity index (χ2n) is 29.9. The summed E-state index contributed by atoms with van der Waals surface area (Å²) in [6.45, 7) is 0. The van der Waals surface area contributed by atoms with Crippen LogP contribution in [-0.2, 0) is 0 Å². The van der Waals surface area contributed by atoms with Gasteiger partial charge >= 0.3 is 0 Å². The minimum Gasteiger partial charge on any atom is -0.456 e. The Labute approximate surface area is 656 Å². The Morgan fingerprint density at radius 2 is 0.377 bits per heavy atom. The van der Waals surface area contributed by atoms with Crippen LogP contribution in [0.4, 0.5) is 0 Å². The monoisotopic (exact) mass is 1450 g/mol. The molecule has 6 aromatic heterocycles. The molecule has 24 aromatic rings. The van der Waals surface area contributed by atoms with Crippen molar-refractivity contribution in [2.24, 2.45) is 0 Å². The van der Waals surface area contributed by atoms with Crippen LogP contribution in [0.1, 0.15) is 0 Å². The summed E-state index contributed by atoms with van der Waals surface area (Å²) in [6.07, 6.45) is 0. The summed E-state index contributed by atoms with van der Waals surface area (Å²) < 4.78 is 22.5. The Balaban J connectivity index is 0.000000135. The van der Waals surface area contributed by atoms with Crippen molar-refractivity contribution < 1.29 is 8.83 Å². The van der Waals surface area contributed by atoms with Crippen LogP contribution in [0.5, 0.6) is 0 Å². The first-order chi connectivity index (χ1) is 56.5. The van der Waals surface area contributed by atoms with Crippen LogP contribution >= 0.6 is 0 Å². The highest BCUT2D eigenvalue weighted by Crippen LogP contribution is 2.46. The third-order valence-electron chi connectivity index (χ3n) is 23.4. The van der Waals surface area contributed by atoms with Gasteiger partial charge in [-0.2, -0.15) is 0 Å². The van der Waals surface area contributed by atoms with E-state index in [1.807, 2.05) is 12.1 Å². The molecule has 18 aromatic carbocycles. The molecule has 0 atom stereocenters. The maximum absolute atomic E-state index is 6.46. The van der Waals surface area contributed by atoms with Gasteiger partial charge in [-0.3, -0.25) is 0 Å². The van der Waals surface area contributed by atoms with Crippen LogP contribution < -0.4 is 0 Å². The zero-order valence-corrected chi connectivity index (χ0v) is 61.9. The van der Waals surface area contributed by atoms with Crippen molar-refractivity contribution in [1.29, 1.82) is 0 Å². The second-order valence-corrected chi connectivity index (χ2v) is 29.9. The van der Waals surface area contributed by atoms with Crippen molar-refractivity contribution in [2.45, 2.75) is 0 Å². The Bertz CT molecular complexity index is 7960. The molecule has 0 spiro atoms. The quantitative estimate of drug-likeness (QED) is 0.137. The summed E-state index contributed by atoms with van der Waals surface area (Å²) in [7, 11) is 0. The van der Waals surface area contributed by atoms with Gasteiger partial charge in [0.2, 0.25) is 0 Å². The standard InChI is InChI=1S/2C54H34N2O/c1-3-13-35(14-4-1)37-17-11-19-41(29-37)55-49-23-9-7-21-43(49)45-31-39(25-27-50(45)55)40-26-28-51-46(32-40)47-34-54-48(44-22-8-10-24-53(44)57-54)33-52(47)56(51)42-20-12-18-38(30-42)36-15-5-2-6-16-36;1-3-13-35(14-4-1)37-17-11-19-41(29-37)55-49-23-9-7-21-43(49)45-31-39(25-27-50(45)55)40-26-28-51-46(32-40)47-33-48-44-22-8-10-24-53(44)57-54(48)34-52(47)56(51)42-20-12-18-38(30-42)36-15-5-2-6-16-36/h2*1-34H. The van der Waals surface area contributed by atoms with Gasteiger partial charge in [-0.1, -0.05) is 267 Å². The van der Waals surface area contributed by atoms with Crippen molar-refractivity contribution in [3.8, 4) is 89.5 Å². The number of rotatable bonds is 10. The van der Waals surface area contributed by atoms with Crippen molar-refractivity contribution in [1.82, 2.24) is 18.3 Å². The van der Waals surface area contributed by atoms with E-state index in [0.29, 0.717) is 0 Å². The average molecular weight is 1450 g/mol. The molecule has 0 saturated heterocycles. The lowest BCUT2D eigenvalue weighted by Gasteiger charge is -2.11. The smallest absolute Gasteiger partial charge is 0.137 e. The fourth-order valence-corrected chi connectivity index (χ4v) is 18.1. The molecule has 6 heteroatoms. The van der Waals surface area contributed by atoms with Gasteiger partial charge in [0.25, 0.3) is 0 Å². The van der Waals surface area contributed by atoms with Crippen LogP contribution in [-0.4, -0.2) is 18.3 Å². The van der Waals surface area contributed by atoms with Crippen molar-refractivity contribution in [2.75, 3.05) is 0 Å². The number of nitrogens with zero attached hydrogens (tertiary/aromatic N) is 4. The Hall–Kier alpha value is -15.2. The van der Waals surface area contributed by atoms with E-state index < -0.39 is 0 Å². The molecule has 6 heterocycles. The molecule has 0 aliphatic rings. The van der Waals surface area contributed by atoms with E-state index in [4.69, 9.17) is 8.83 Å². The zero-order valence-electron chi connectivity index (χ0n) is 61.9. The van der Waals surface area contributed by atoms with Crippen LogP contribution in [0.2, 0.25) is 0 Å². The van der Waals surface area contributed by atoms with Gasteiger partial charge in [-0.15, -0.1) is 0 Å². The molecule has 0 N–H and O–H groups in total. The lowest BCUT2D eigenvalue weighted by Crippen LogP contribution is -1.94. The van der Waals surface area contributed by atoms with E-state index in [1.54, 1.807) is 0 Å². The number of furan rings is 2. The van der Waals surface area contributed by atoms with E-state index >= 15 is 0 Å². The molecule has 0 radical (unpaired) electrons. The Morgan fingerprint density at radius 1 is 0.123 bits per heavy atom. The molecule has 6 nitrogen and oxygen atoms in total. The van der Waals surface area contributed by atoms with Gasteiger partial charge in [0.05, 0.1) is 44.1 Å². The van der Waals surface area contributed by atoms with E-state index in [9.17, 15) is 0 Å². The summed E-state index contributed by atoms with van der Waals surface area (Å²) in [5, 5.41) is 14.2. The Morgan fingerprint density at radius 3 is 0.754 bits per heavy atom. The third kappa shape index (κ3) is 10.6. The van der Waals surface area contributed by atoms with Gasteiger partial charge in [-0.25, -0.2) is 0 Å². The number of hydrogen-bond donors (Lipinski definition) is 0. The molecule has 114 heavy (non-hydrogen) atoms. The predicted molar refractivity (Wildman–Crippen MR) is 477 cm³/mol. The summed E-state index contributed by atoms with van der Waals surface area (Å²) >= 11 is 0. The number of benzene rings is 18. The molecule has 0 aliphatic heterocycles. The first-order valence-electron chi connectivity index (χ1n) is 39.0. The fraction of sp³-hybridized carbons (Fsp3) is 0. The lowest BCUT2D eigenvalue weighted by atomic mass is 10.00. The number of aromatic nitrogens is 4. The first kappa shape index (κ1) is 64.7. The van der Waals surface area contributed by atoms with Crippen molar-refractivity contribution in [3.05, 3.63) is 413 Å². The van der Waals surface area contributed by atoms with Gasteiger partial charge in [0.1, 0.15) is 22.3 Å². The normalized spacial score (nSPS) is 11.9. The molecule has 532 valence electrons. The van der Waals surface area contributed by atoms with Crippen LogP contribution in [0.25, 0.3) is 221 Å².